The molecular formula is C20H20N4O2. The Morgan fingerprint density at radius 1 is 0.962 bits per heavy atom. The van der Waals surface area contributed by atoms with Crippen LogP contribution in [0.3, 0.4) is 0 Å². The number of nitrogens with zero attached hydrogens (tertiary/aromatic N) is 2. The van der Waals surface area contributed by atoms with Crippen molar-refractivity contribution in [3.63, 3.8) is 0 Å². The van der Waals surface area contributed by atoms with Crippen molar-refractivity contribution in [1.29, 1.82) is 0 Å². The zero-order valence-corrected chi connectivity index (χ0v) is 14.5. The van der Waals surface area contributed by atoms with Crippen LogP contribution in [0.15, 0.2) is 67.0 Å². The van der Waals surface area contributed by atoms with Gasteiger partial charge in [0.25, 0.3) is 5.91 Å². The third-order valence-corrected chi connectivity index (χ3v) is 3.83. The third-order valence-electron chi connectivity index (χ3n) is 3.83. The molecule has 3 aromatic rings. The van der Waals surface area contributed by atoms with Crippen LogP contribution in [0.1, 0.15) is 21.6 Å². The second-order valence-corrected chi connectivity index (χ2v) is 5.62. The normalized spacial score (nSPS) is 10.2. The maximum atomic E-state index is 12.2. The Morgan fingerprint density at radius 3 is 2.46 bits per heavy atom. The van der Waals surface area contributed by atoms with Gasteiger partial charge < -0.3 is 15.4 Å². The highest BCUT2D eigenvalue weighted by Crippen LogP contribution is 2.16. The van der Waals surface area contributed by atoms with Gasteiger partial charge in [-0.05, 0) is 11.6 Å². The lowest BCUT2D eigenvalue weighted by Crippen LogP contribution is -2.24. The number of amides is 1. The fourth-order valence-electron chi connectivity index (χ4n) is 2.44. The molecule has 2 N–H and O–H groups in total. The van der Waals surface area contributed by atoms with Crippen LogP contribution >= 0.6 is 0 Å². The highest BCUT2D eigenvalue weighted by Gasteiger charge is 2.09. The number of nitrogens with one attached hydrogen (secondary N) is 2. The summed E-state index contributed by atoms with van der Waals surface area (Å²) in [6.07, 6.45) is 3.02. The van der Waals surface area contributed by atoms with Crippen molar-refractivity contribution < 1.29 is 9.53 Å². The van der Waals surface area contributed by atoms with Crippen molar-refractivity contribution in [2.24, 2.45) is 0 Å². The Hall–Kier alpha value is -3.41. The van der Waals surface area contributed by atoms with Crippen molar-refractivity contribution >= 4 is 11.7 Å². The van der Waals surface area contributed by atoms with E-state index in [1.54, 1.807) is 13.3 Å². The zero-order valence-electron chi connectivity index (χ0n) is 14.5. The molecule has 3 rings (SSSR count). The molecule has 0 unspecified atom stereocenters. The third kappa shape index (κ3) is 4.57. The summed E-state index contributed by atoms with van der Waals surface area (Å²) in [6.45, 7) is 1.01. The first-order chi connectivity index (χ1) is 12.8. The largest absolute Gasteiger partial charge is 0.496 e. The van der Waals surface area contributed by atoms with E-state index in [4.69, 9.17) is 4.74 Å². The molecule has 0 saturated heterocycles. The summed E-state index contributed by atoms with van der Waals surface area (Å²) in [5.41, 5.74) is 2.32. The number of para-hydroxylation sites is 1. The number of hydrogen-bond acceptors (Lipinski definition) is 5. The molecule has 0 aliphatic rings. The Kier molecular flexibility index (Phi) is 5.77. The number of aromatic nitrogens is 2. The Labute approximate surface area is 152 Å². The SMILES string of the molecule is COc1ccccc1CNC(=O)c1cnc(NCc2ccccc2)cn1. The van der Waals surface area contributed by atoms with E-state index in [-0.39, 0.29) is 11.6 Å². The van der Waals surface area contributed by atoms with E-state index in [2.05, 4.69) is 20.6 Å². The predicted octanol–water partition coefficient (Wildman–Crippen LogP) is 3.03. The van der Waals surface area contributed by atoms with Crippen molar-refractivity contribution in [3.05, 3.63) is 83.8 Å². The van der Waals surface area contributed by atoms with E-state index in [1.807, 2.05) is 54.6 Å². The van der Waals surface area contributed by atoms with Gasteiger partial charge in [0, 0.05) is 18.7 Å². The van der Waals surface area contributed by atoms with Crippen LogP contribution in [0.5, 0.6) is 5.75 Å². The Balaban J connectivity index is 1.55. The summed E-state index contributed by atoms with van der Waals surface area (Å²) in [7, 11) is 1.60. The molecule has 0 aliphatic heterocycles. The van der Waals surface area contributed by atoms with Gasteiger partial charge in [-0.3, -0.25) is 4.79 Å². The van der Waals surface area contributed by atoms with Gasteiger partial charge in [-0.25, -0.2) is 9.97 Å². The molecule has 1 amide bonds. The quantitative estimate of drug-likeness (QED) is 0.686. The monoisotopic (exact) mass is 348 g/mol. The van der Waals surface area contributed by atoms with Crippen LogP contribution in [-0.2, 0) is 13.1 Å². The van der Waals surface area contributed by atoms with Gasteiger partial charge in [-0.1, -0.05) is 48.5 Å². The molecule has 0 atom stereocenters. The van der Waals surface area contributed by atoms with Gasteiger partial charge in [0.05, 0.1) is 19.5 Å². The van der Waals surface area contributed by atoms with Crippen molar-refractivity contribution in [3.8, 4) is 5.75 Å². The number of anilines is 1. The van der Waals surface area contributed by atoms with Gasteiger partial charge in [0.15, 0.2) is 0 Å². The van der Waals surface area contributed by atoms with Crippen LogP contribution in [0.4, 0.5) is 5.82 Å². The number of ether oxygens (including phenoxy) is 1. The number of methoxy groups -OCH3 is 1. The summed E-state index contributed by atoms with van der Waals surface area (Å²) in [6, 6.07) is 17.5. The molecule has 0 aliphatic carbocycles. The first kappa shape index (κ1) is 17.4. The van der Waals surface area contributed by atoms with Gasteiger partial charge >= 0.3 is 0 Å². The summed E-state index contributed by atoms with van der Waals surface area (Å²) >= 11 is 0. The second-order valence-electron chi connectivity index (χ2n) is 5.62. The van der Waals surface area contributed by atoms with Crippen LogP contribution < -0.4 is 15.4 Å². The maximum Gasteiger partial charge on any atom is 0.271 e. The molecule has 1 heterocycles. The Morgan fingerprint density at radius 2 is 1.73 bits per heavy atom. The maximum absolute atomic E-state index is 12.2. The summed E-state index contributed by atoms with van der Waals surface area (Å²) in [5, 5.41) is 6.00. The lowest BCUT2D eigenvalue weighted by molar-refractivity contribution is 0.0945. The molecule has 0 bridgehead atoms. The van der Waals surface area contributed by atoms with E-state index in [1.165, 1.54) is 6.20 Å². The van der Waals surface area contributed by atoms with E-state index < -0.39 is 0 Å². The molecule has 0 spiro atoms. The smallest absolute Gasteiger partial charge is 0.271 e. The van der Waals surface area contributed by atoms with Crippen molar-refractivity contribution in [2.75, 3.05) is 12.4 Å². The van der Waals surface area contributed by atoms with Crippen LogP contribution in [0.2, 0.25) is 0 Å². The fourth-order valence-corrected chi connectivity index (χ4v) is 2.44. The summed E-state index contributed by atoms with van der Waals surface area (Å²) < 4.78 is 5.27. The molecule has 132 valence electrons. The van der Waals surface area contributed by atoms with Crippen LogP contribution in [0, 0.1) is 0 Å². The van der Waals surface area contributed by atoms with Crippen LogP contribution in [0.25, 0.3) is 0 Å². The van der Waals surface area contributed by atoms with Gasteiger partial charge in [0.2, 0.25) is 0 Å². The number of benzene rings is 2. The molecule has 6 nitrogen and oxygen atoms in total. The lowest BCUT2D eigenvalue weighted by Gasteiger charge is -2.09. The predicted molar refractivity (Wildman–Crippen MR) is 100.0 cm³/mol. The molecule has 2 aromatic carbocycles. The van der Waals surface area contributed by atoms with Crippen LogP contribution in [-0.4, -0.2) is 23.0 Å². The molecule has 0 fully saturated rings. The number of carbonyl (C=O) groups is 1. The Bertz CT molecular complexity index is 851. The van der Waals surface area contributed by atoms with Gasteiger partial charge in [-0.15, -0.1) is 0 Å². The standard InChI is InChI=1S/C20H20N4O2/c1-26-18-10-6-5-9-16(18)12-24-20(25)17-13-23-19(14-21-17)22-11-15-7-3-2-4-8-15/h2-10,13-14H,11-12H2,1H3,(H,22,23)(H,24,25). The molecular weight excluding hydrogens is 328 g/mol. The minimum absolute atomic E-state index is 0.269. The fraction of sp³-hybridized carbons (Fsp3) is 0.150. The summed E-state index contributed by atoms with van der Waals surface area (Å²) in [4.78, 5) is 20.7. The number of rotatable bonds is 7. The van der Waals surface area contributed by atoms with E-state index in [0.717, 1.165) is 16.9 Å². The van der Waals surface area contributed by atoms with E-state index in [9.17, 15) is 4.79 Å². The average molecular weight is 348 g/mol. The van der Waals surface area contributed by atoms with E-state index in [0.29, 0.717) is 18.9 Å². The molecule has 6 heteroatoms. The highest BCUT2D eigenvalue weighted by atomic mass is 16.5. The summed E-state index contributed by atoms with van der Waals surface area (Å²) in [5.74, 6) is 1.08. The van der Waals surface area contributed by atoms with E-state index >= 15 is 0 Å². The zero-order chi connectivity index (χ0) is 18.2. The molecule has 0 saturated carbocycles. The molecule has 26 heavy (non-hydrogen) atoms. The lowest BCUT2D eigenvalue weighted by atomic mass is 10.2. The van der Waals surface area contributed by atoms with Gasteiger partial charge in [0.1, 0.15) is 17.3 Å². The molecule has 0 radical (unpaired) electrons. The minimum Gasteiger partial charge on any atom is -0.496 e. The van der Waals surface area contributed by atoms with Crippen molar-refractivity contribution in [2.45, 2.75) is 13.1 Å². The highest BCUT2D eigenvalue weighted by molar-refractivity contribution is 5.92. The average Bonchev–Trinajstić information content (AvgIpc) is 2.72. The number of hydrogen-bond donors (Lipinski definition) is 2. The first-order valence-corrected chi connectivity index (χ1v) is 8.26. The molecule has 1 aromatic heterocycles. The van der Waals surface area contributed by atoms with Gasteiger partial charge in [-0.2, -0.15) is 0 Å². The number of carbonyl (C=O) groups excluding carboxylic acids is 1. The van der Waals surface area contributed by atoms with Crippen molar-refractivity contribution in [1.82, 2.24) is 15.3 Å². The minimum atomic E-state index is -0.280. The first-order valence-electron chi connectivity index (χ1n) is 8.26. The topological polar surface area (TPSA) is 76.1 Å². The second kappa shape index (κ2) is 8.62.